The lowest BCUT2D eigenvalue weighted by Gasteiger charge is -2.06. The molecular formula is C17H14N4S2. The van der Waals surface area contributed by atoms with Crippen molar-refractivity contribution in [2.24, 2.45) is 0 Å². The summed E-state index contributed by atoms with van der Waals surface area (Å²) in [5, 5.41) is 37.8. The minimum Gasteiger partial charge on any atom is -0.192 e. The van der Waals surface area contributed by atoms with Gasteiger partial charge in [0.25, 0.3) is 0 Å². The number of hydrogen-bond acceptors (Lipinski definition) is 6. The van der Waals surface area contributed by atoms with Gasteiger partial charge in [-0.15, -0.1) is 23.5 Å². The van der Waals surface area contributed by atoms with E-state index in [0.717, 1.165) is 23.5 Å². The van der Waals surface area contributed by atoms with E-state index in [9.17, 15) is 10.5 Å². The third-order valence-electron chi connectivity index (χ3n) is 3.04. The Kier molecular flexibility index (Phi) is 7.79. The molecule has 0 saturated carbocycles. The molecule has 0 saturated heterocycles. The van der Waals surface area contributed by atoms with Crippen LogP contribution in [0.2, 0.25) is 0 Å². The summed E-state index contributed by atoms with van der Waals surface area (Å²) < 4.78 is 0. The van der Waals surface area contributed by atoms with Crippen molar-refractivity contribution in [2.75, 3.05) is 12.0 Å². The Balaban J connectivity index is 3.83. The molecule has 1 rings (SSSR count). The molecule has 0 aliphatic heterocycles. The second-order valence-electron chi connectivity index (χ2n) is 4.45. The summed E-state index contributed by atoms with van der Waals surface area (Å²) in [7, 11) is 0. The highest BCUT2D eigenvalue weighted by Gasteiger charge is 2.09. The van der Waals surface area contributed by atoms with Crippen molar-refractivity contribution in [2.45, 2.75) is 29.6 Å². The van der Waals surface area contributed by atoms with Crippen LogP contribution >= 0.6 is 23.5 Å². The quantitative estimate of drug-likeness (QED) is 0.605. The first-order valence-electron chi connectivity index (χ1n) is 6.86. The van der Waals surface area contributed by atoms with E-state index >= 15 is 0 Å². The molecule has 0 spiro atoms. The molecule has 0 N–H and O–H groups in total. The minimum absolute atomic E-state index is 0.0358. The topological polar surface area (TPSA) is 95.2 Å². The molecule has 0 aliphatic rings. The number of hydrogen-bond donors (Lipinski definition) is 0. The molecule has 6 heteroatoms. The van der Waals surface area contributed by atoms with Gasteiger partial charge in [0.2, 0.25) is 0 Å². The number of nitrogens with zero attached hydrogens (tertiary/aromatic N) is 4. The molecule has 4 nitrogen and oxygen atoms in total. The molecule has 0 amide bonds. The van der Waals surface area contributed by atoms with E-state index in [1.54, 1.807) is 12.1 Å². The van der Waals surface area contributed by atoms with Gasteiger partial charge < -0.3 is 0 Å². The molecule has 0 heterocycles. The first-order chi connectivity index (χ1) is 11.2. The number of unbranched alkanes of at least 4 members (excludes halogenated alkanes) is 1. The van der Waals surface area contributed by atoms with Crippen LogP contribution in [-0.4, -0.2) is 12.0 Å². The van der Waals surface area contributed by atoms with Crippen molar-refractivity contribution < 1.29 is 0 Å². The summed E-state index contributed by atoms with van der Waals surface area (Å²) in [4.78, 5) is 1.47. The van der Waals surface area contributed by atoms with Crippen LogP contribution in [0, 0.1) is 45.3 Å². The Morgan fingerprint density at radius 2 is 1.39 bits per heavy atom. The Bertz CT molecular complexity index is 842. The summed E-state index contributed by atoms with van der Waals surface area (Å²) in [5.74, 6) is 0.847. The van der Waals surface area contributed by atoms with Crippen molar-refractivity contribution in [3.8, 4) is 24.3 Å². The second kappa shape index (κ2) is 9.60. The number of nitriles is 4. The number of rotatable bonds is 5. The molecule has 0 fully saturated rings. The van der Waals surface area contributed by atoms with Crippen molar-refractivity contribution in [3.05, 3.63) is 22.6 Å². The van der Waals surface area contributed by atoms with Gasteiger partial charge in [0.1, 0.15) is 35.4 Å². The van der Waals surface area contributed by atoms with Crippen LogP contribution in [0.4, 0.5) is 0 Å². The lowest BCUT2D eigenvalue weighted by molar-refractivity contribution is 0.896. The molecule has 0 atom stereocenters. The fraction of sp³-hybridized carbons (Fsp3) is 0.294. The molecule has 0 aliphatic carbocycles. The fourth-order valence-electron chi connectivity index (χ4n) is 1.86. The highest BCUT2D eigenvalue weighted by atomic mass is 32.2. The van der Waals surface area contributed by atoms with E-state index in [1.165, 1.54) is 23.5 Å². The van der Waals surface area contributed by atoms with E-state index in [2.05, 4.69) is 6.92 Å². The maximum absolute atomic E-state index is 9.17. The van der Waals surface area contributed by atoms with Gasteiger partial charge in [-0.2, -0.15) is 21.0 Å². The molecule has 1 aromatic rings. The monoisotopic (exact) mass is 338 g/mol. The van der Waals surface area contributed by atoms with Crippen LogP contribution in [0.15, 0.2) is 21.9 Å². The fourth-order valence-corrected chi connectivity index (χ4v) is 3.64. The third kappa shape index (κ3) is 4.54. The Morgan fingerprint density at radius 1 is 0.913 bits per heavy atom. The summed E-state index contributed by atoms with van der Waals surface area (Å²) in [5.41, 5.74) is 0.0787. The first kappa shape index (κ1) is 18.7. The highest BCUT2D eigenvalue weighted by Crippen LogP contribution is 2.18. The van der Waals surface area contributed by atoms with E-state index < -0.39 is 0 Å². The smallest absolute Gasteiger partial charge is 0.138 e. The highest BCUT2D eigenvalue weighted by molar-refractivity contribution is 7.99. The van der Waals surface area contributed by atoms with Crippen LogP contribution < -0.4 is 10.4 Å². The zero-order valence-electron chi connectivity index (χ0n) is 12.9. The van der Waals surface area contributed by atoms with Gasteiger partial charge in [0.15, 0.2) is 0 Å². The van der Waals surface area contributed by atoms with Crippen LogP contribution in [0.5, 0.6) is 0 Å². The standard InChI is InChI=1S/C17H14N4S2/c1-3-4-5-23-17-7-14(12(8-18)9-19)16(22-2)6-15(17)13(10-20)11-21/h6-7H,3-5H2,1-2H3. The van der Waals surface area contributed by atoms with Crippen molar-refractivity contribution in [3.63, 3.8) is 0 Å². The summed E-state index contributed by atoms with van der Waals surface area (Å²) in [6.07, 6.45) is 3.88. The zero-order valence-corrected chi connectivity index (χ0v) is 14.5. The van der Waals surface area contributed by atoms with Gasteiger partial charge in [-0.1, -0.05) is 13.3 Å². The van der Waals surface area contributed by atoms with Gasteiger partial charge in [0, 0.05) is 20.2 Å². The lowest BCUT2D eigenvalue weighted by Crippen LogP contribution is -2.18. The van der Waals surface area contributed by atoms with Crippen molar-refractivity contribution in [1.29, 1.82) is 21.0 Å². The van der Waals surface area contributed by atoms with Crippen LogP contribution in [0.1, 0.15) is 19.8 Å². The predicted octanol–water partition coefficient (Wildman–Crippen LogP) is 2.70. The first-order valence-corrected chi connectivity index (χ1v) is 9.07. The van der Waals surface area contributed by atoms with Gasteiger partial charge >= 0.3 is 0 Å². The lowest BCUT2D eigenvalue weighted by atomic mass is 10.1. The largest absolute Gasteiger partial charge is 0.192 e. The molecule has 0 unspecified atom stereocenters. The van der Waals surface area contributed by atoms with Crippen LogP contribution in [0.3, 0.4) is 0 Å². The minimum atomic E-state index is 0.0358. The van der Waals surface area contributed by atoms with Crippen LogP contribution in [-0.2, 0) is 0 Å². The molecule has 114 valence electrons. The average molecular weight is 338 g/mol. The summed E-state index contributed by atoms with van der Waals surface area (Å²) in [6, 6.07) is 11.1. The molecule has 23 heavy (non-hydrogen) atoms. The normalized spacial score (nSPS) is 9.13. The Labute approximate surface area is 144 Å². The SMILES string of the molecule is CCCCSc1cc(=C(C#N)C#N)c(SC)cc1=C(C#N)C#N. The van der Waals surface area contributed by atoms with Gasteiger partial charge in [-0.3, -0.25) is 0 Å². The maximum atomic E-state index is 9.17. The molecule has 1 aromatic carbocycles. The summed E-state index contributed by atoms with van der Waals surface area (Å²) >= 11 is 2.92. The predicted molar refractivity (Wildman–Crippen MR) is 92.4 cm³/mol. The van der Waals surface area contributed by atoms with E-state index in [-0.39, 0.29) is 11.1 Å². The van der Waals surface area contributed by atoms with E-state index in [4.69, 9.17) is 10.5 Å². The van der Waals surface area contributed by atoms with Gasteiger partial charge in [-0.25, -0.2) is 0 Å². The number of benzene rings is 1. The molecule has 0 aromatic heterocycles. The number of thioether (sulfide) groups is 2. The van der Waals surface area contributed by atoms with Gasteiger partial charge in [0.05, 0.1) is 0 Å². The van der Waals surface area contributed by atoms with Gasteiger partial charge in [-0.05, 0) is 30.6 Å². The van der Waals surface area contributed by atoms with E-state index in [1.807, 2.05) is 30.5 Å². The molecule has 0 radical (unpaired) electrons. The zero-order chi connectivity index (χ0) is 17.2. The van der Waals surface area contributed by atoms with Crippen molar-refractivity contribution >= 4 is 34.7 Å². The van der Waals surface area contributed by atoms with Crippen LogP contribution in [0.25, 0.3) is 11.1 Å². The average Bonchev–Trinajstić information content (AvgIpc) is 2.58. The second-order valence-corrected chi connectivity index (χ2v) is 6.43. The maximum Gasteiger partial charge on any atom is 0.138 e. The molecule has 0 bridgehead atoms. The Morgan fingerprint density at radius 3 is 1.83 bits per heavy atom. The molecular weight excluding hydrogens is 324 g/mol. The Hall–Kier alpha value is -2.38. The third-order valence-corrected chi connectivity index (χ3v) is 4.96. The van der Waals surface area contributed by atoms with Crippen molar-refractivity contribution in [1.82, 2.24) is 0 Å². The summed E-state index contributed by atoms with van der Waals surface area (Å²) in [6.45, 7) is 2.09. The van der Waals surface area contributed by atoms with E-state index in [0.29, 0.717) is 15.3 Å².